The zero-order valence-corrected chi connectivity index (χ0v) is 13.7. The zero-order chi connectivity index (χ0) is 16.9. The van der Waals surface area contributed by atoms with Gasteiger partial charge in [-0.25, -0.2) is 9.37 Å². The highest BCUT2D eigenvalue weighted by atomic mass is 19.1. The highest BCUT2D eigenvalue weighted by Gasteiger charge is 2.21. The number of ether oxygens (including phenoxy) is 1. The van der Waals surface area contributed by atoms with E-state index in [1.165, 1.54) is 25.7 Å². The van der Waals surface area contributed by atoms with Gasteiger partial charge in [0, 0.05) is 23.7 Å². The first-order valence-corrected chi connectivity index (χ1v) is 8.28. The van der Waals surface area contributed by atoms with Gasteiger partial charge in [0.05, 0.1) is 7.11 Å². The summed E-state index contributed by atoms with van der Waals surface area (Å²) < 4.78 is 18.6. The van der Waals surface area contributed by atoms with Gasteiger partial charge in [0.15, 0.2) is 0 Å². The number of benzene rings is 1. The molecular weight excluding hydrogens is 307 g/mol. The van der Waals surface area contributed by atoms with Crippen LogP contribution in [-0.4, -0.2) is 18.0 Å². The maximum atomic E-state index is 13.4. The number of halogens is 1. The third-order valence-corrected chi connectivity index (χ3v) is 4.46. The van der Waals surface area contributed by atoms with E-state index in [1.807, 2.05) is 6.07 Å². The number of anilines is 1. The molecule has 0 radical (unpaired) electrons. The van der Waals surface area contributed by atoms with Gasteiger partial charge in [-0.3, -0.25) is 4.79 Å². The lowest BCUT2D eigenvalue weighted by Gasteiger charge is -2.20. The maximum Gasteiger partial charge on any atom is 0.228 e. The Bertz CT molecular complexity index is 727. The Hall–Kier alpha value is -2.43. The molecule has 1 heterocycles. The number of aromatic nitrogens is 1. The predicted molar refractivity (Wildman–Crippen MR) is 91.4 cm³/mol. The van der Waals surface area contributed by atoms with Crippen molar-refractivity contribution >= 4 is 11.7 Å². The fraction of sp³-hybridized carbons (Fsp3) is 0.368. The molecule has 126 valence electrons. The molecule has 0 spiro atoms. The van der Waals surface area contributed by atoms with Gasteiger partial charge >= 0.3 is 0 Å². The quantitative estimate of drug-likeness (QED) is 0.904. The average Bonchev–Trinajstić information content (AvgIpc) is 2.62. The zero-order valence-electron chi connectivity index (χ0n) is 13.7. The topological polar surface area (TPSA) is 51.2 Å². The minimum Gasteiger partial charge on any atom is -0.496 e. The van der Waals surface area contributed by atoms with Crippen LogP contribution < -0.4 is 10.1 Å². The van der Waals surface area contributed by atoms with Crippen LogP contribution >= 0.6 is 0 Å². The number of methoxy groups -OCH3 is 1. The van der Waals surface area contributed by atoms with Crippen molar-refractivity contribution in [2.75, 3.05) is 12.4 Å². The van der Waals surface area contributed by atoms with Gasteiger partial charge in [0.1, 0.15) is 17.4 Å². The van der Waals surface area contributed by atoms with E-state index in [0.29, 0.717) is 11.6 Å². The van der Waals surface area contributed by atoms with Crippen molar-refractivity contribution in [1.29, 1.82) is 0 Å². The number of nitrogens with one attached hydrogen (secondary N) is 1. The van der Waals surface area contributed by atoms with Gasteiger partial charge in [-0.2, -0.15) is 0 Å². The number of nitrogens with zero attached hydrogens (tertiary/aromatic N) is 1. The average molecular weight is 328 g/mol. The molecule has 0 unspecified atom stereocenters. The van der Waals surface area contributed by atoms with Gasteiger partial charge in [0.2, 0.25) is 5.91 Å². The van der Waals surface area contributed by atoms with Crippen LogP contribution in [0.1, 0.15) is 32.1 Å². The van der Waals surface area contributed by atoms with E-state index in [-0.39, 0.29) is 17.6 Å². The standard InChI is InChI=1S/C19H21FN2O2/c1-24-17-12-15(20)7-8-16(17)14-9-10-21-18(11-14)22-19(23)13-5-3-2-4-6-13/h7-13H,2-6H2,1H3,(H,21,22,23). The number of amides is 1. The summed E-state index contributed by atoms with van der Waals surface area (Å²) in [7, 11) is 1.51. The predicted octanol–water partition coefficient (Wildman–Crippen LogP) is 4.42. The summed E-state index contributed by atoms with van der Waals surface area (Å²) in [6, 6.07) is 7.99. The lowest BCUT2D eigenvalue weighted by atomic mass is 9.89. The molecule has 4 nitrogen and oxygen atoms in total. The van der Waals surface area contributed by atoms with Crippen molar-refractivity contribution < 1.29 is 13.9 Å². The first-order valence-electron chi connectivity index (χ1n) is 8.28. The fourth-order valence-electron chi connectivity index (χ4n) is 3.16. The Balaban J connectivity index is 1.80. The normalized spacial score (nSPS) is 15.1. The largest absolute Gasteiger partial charge is 0.496 e. The molecule has 1 N–H and O–H groups in total. The number of hydrogen-bond acceptors (Lipinski definition) is 3. The molecule has 1 aliphatic carbocycles. The van der Waals surface area contributed by atoms with E-state index in [4.69, 9.17) is 4.74 Å². The summed E-state index contributed by atoms with van der Waals surface area (Å²) in [6.45, 7) is 0. The second-order valence-electron chi connectivity index (χ2n) is 6.10. The Morgan fingerprint density at radius 3 is 2.75 bits per heavy atom. The van der Waals surface area contributed by atoms with Gasteiger partial charge in [-0.1, -0.05) is 19.3 Å². The number of carbonyl (C=O) groups excluding carboxylic acids is 1. The Kier molecular flexibility index (Phi) is 5.08. The van der Waals surface area contributed by atoms with E-state index < -0.39 is 0 Å². The number of hydrogen-bond donors (Lipinski definition) is 1. The highest BCUT2D eigenvalue weighted by molar-refractivity contribution is 5.92. The number of carbonyl (C=O) groups is 1. The Morgan fingerprint density at radius 2 is 2.00 bits per heavy atom. The van der Waals surface area contributed by atoms with Crippen molar-refractivity contribution in [3.8, 4) is 16.9 Å². The van der Waals surface area contributed by atoms with Crippen molar-refractivity contribution in [3.05, 3.63) is 42.3 Å². The molecule has 2 aromatic rings. The van der Waals surface area contributed by atoms with Crippen LogP contribution in [0, 0.1) is 11.7 Å². The van der Waals surface area contributed by atoms with E-state index in [0.717, 1.165) is 36.8 Å². The van der Waals surface area contributed by atoms with Crippen molar-refractivity contribution in [3.63, 3.8) is 0 Å². The Labute approximate surface area is 141 Å². The van der Waals surface area contributed by atoms with E-state index in [1.54, 1.807) is 18.3 Å². The van der Waals surface area contributed by atoms with E-state index in [2.05, 4.69) is 10.3 Å². The van der Waals surface area contributed by atoms with E-state index >= 15 is 0 Å². The minimum atomic E-state index is -0.351. The van der Waals surface area contributed by atoms with Crippen molar-refractivity contribution in [2.45, 2.75) is 32.1 Å². The highest BCUT2D eigenvalue weighted by Crippen LogP contribution is 2.31. The first kappa shape index (κ1) is 16.4. The second-order valence-corrected chi connectivity index (χ2v) is 6.10. The summed E-state index contributed by atoms with van der Waals surface area (Å²) in [5.74, 6) is 0.714. The summed E-state index contributed by atoms with van der Waals surface area (Å²) >= 11 is 0. The molecule has 0 aliphatic heterocycles. The lowest BCUT2D eigenvalue weighted by Crippen LogP contribution is -2.25. The molecule has 0 atom stereocenters. The van der Waals surface area contributed by atoms with Gasteiger partial charge in [-0.05, 0) is 42.7 Å². The summed E-state index contributed by atoms with van der Waals surface area (Å²) in [5.41, 5.74) is 1.58. The molecule has 0 bridgehead atoms. The van der Waals surface area contributed by atoms with Gasteiger partial charge in [-0.15, -0.1) is 0 Å². The van der Waals surface area contributed by atoms with E-state index in [9.17, 15) is 9.18 Å². The molecule has 1 fully saturated rings. The van der Waals surface area contributed by atoms with Crippen molar-refractivity contribution in [1.82, 2.24) is 4.98 Å². The van der Waals surface area contributed by atoms with Gasteiger partial charge < -0.3 is 10.1 Å². The molecule has 1 aromatic heterocycles. The second kappa shape index (κ2) is 7.43. The number of rotatable bonds is 4. The maximum absolute atomic E-state index is 13.4. The van der Waals surface area contributed by atoms with Crippen LogP contribution in [-0.2, 0) is 4.79 Å². The summed E-state index contributed by atoms with van der Waals surface area (Å²) in [6.07, 6.45) is 6.95. The first-order chi connectivity index (χ1) is 11.7. The molecule has 1 aliphatic rings. The summed E-state index contributed by atoms with van der Waals surface area (Å²) in [4.78, 5) is 16.6. The van der Waals surface area contributed by atoms with Crippen LogP contribution in [0.15, 0.2) is 36.5 Å². The monoisotopic (exact) mass is 328 g/mol. The fourth-order valence-corrected chi connectivity index (χ4v) is 3.16. The third kappa shape index (κ3) is 3.72. The van der Waals surface area contributed by atoms with Crippen LogP contribution in [0.25, 0.3) is 11.1 Å². The van der Waals surface area contributed by atoms with Crippen LogP contribution in [0.3, 0.4) is 0 Å². The molecule has 5 heteroatoms. The third-order valence-electron chi connectivity index (χ3n) is 4.46. The minimum absolute atomic E-state index is 0.0328. The van der Waals surface area contributed by atoms with Crippen molar-refractivity contribution in [2.24, 2.45) is 5.92 Å². The molecular formula is C19H21FN2O2. The number of pyridine rings is 1. The molecule has 24 heavy (non-hydrogen) atoms. The summed E-state index contributed by atoms with van der Waals surface area (Å²) in [5, 5.41) is 2.91. The molecule has 1 aromatic carbocycles. The molecule has 1 saturated carbocycles. The molecule has 3 rings (SSSR count). The Morgan fingerprint density at radius 1 is 1.21 bits per heavy atom. The van der Waals surface area contributed by atoms with Crippen LogP contribution in [0.2, 0.25) is 0 Å². The van der Waals surface area contributed by atoms with Crippen LogP contribution in [0.5, 0.6) is 5.75 Å². The SMILES string of the molecule is COc1cc(F)ccc1-c1ccnc(NC(=O)C2CCCCC2)c1. The smallest absolute Gasteiger partial charge is 0.228 e. The van der Waals surface area contributed by atoms with Crippen LogP contribution in [0.4, 0.5) is 10.2 Å². The molecule has 1 amide bonds. The molecule has 0 saturated heterocycles. The van der Waals surface area contributed by atoms with Gasteiger partial charge in [0.25, 0.3) is 0 Å². The lowest BCUT2D eigenvalue weighted by molar-refractivity contribution is -0.120.